The number of halogens is 2. The van der Waals surface area contributed by atoms with Crippen LogP contribution in [0, 0.1) is 0 Å². The first-order valence-corrected chi connectivity index (χ1v) is 13.7. The summed E-state index contributed by atoms with van der Waals surface area (Å²) in [6.45, 7) is 2.98. The molecule has 1 N–H and O–H groups in total. The molecular formula is C26H20BrClN6O3S. The van der Waals surface area contributed by atoms with Crippen LogP contribution in [0.1, 0.15) is 34.0 Å². The lowest BCUT2D eigenvalue weighted by molar-refractivity contribution is -0.114. The molecule has 3 aromatic heterocycles. The molecule has 2 amide bonds. The van der Waals surface area contributed by atoms with Crippen molar-refractivity contribution in [3.8, 4) is 11.3 Å². The number of nitrogens with zero attached hydrogens (tertiary/aromatic N) is 5. The summed E-state index contributed by atoms with van der Waals surface area (Å²) in [5.41, 5.74) is 3.08. The highest BCUT2D eigenvalue weighted by molar-refractivity contribution is 9.10. The number of hydrogen-bond acceptors (Lipinski definition) is 7. The van der Waals surface area contributed by atoms with E-state index >= 15 is 0 Å². The molecule has 1 fully saturated rings. The van der Waals surface area contributed by atoms with Gasteiger partial charge in [0.25, 0.3) is 5.91 Å². The van der Waals surface area contributed by atoms with Gasteiger partial charge in [0.1, 0.15) is 17.1 Å². The van der Waals surface area contributed by atoms with E-state index in [1.807, 2.05) is 53.6 Å². The van der Waals surface area contributed by atoms with Gasteiger partial charge in [0, 0.05) is 45.8 Å². The van der Waals surface area contributed by atoms with Gasteiger partial charge in [0.15, 0.2) is 6.39 Å². The van der Waals surface area contributed by atoms with Crippen LogP contribution in [0.4, 0.5) is 5.69 Å². The summed E-state index contributed by atoms with van der Waals surface area (Å²) < 4.78 is 9.25. The molecule has 0 saturated carbocycles. The zero-order valence-corrected chi connectivity index (χ0v) is 23.2. The fourth-order valence-corrected chi connectivity index (χ4v) is 6.23. The first-order valence-electron chi connectivity index (χ1n) is 11.7. The van der Waals surface area contributed by atoms with Crippen molar-refractivity contribution < 1.29 is 14.0 Å². The maximum absolute atomic E-state index is 13.1. The highest BCUT2D eigenvalue weighted by atomic mass is 79.9. The van der Waals surface area contributed by atoms with Crippen molar-refractivity contribution in [3.05, 3.63) is 80.9 Å². The molecule has 12 heteroatoms. The van der Waals surface area contributed by atoms with E-state index < -0.39 is 0 Å². The number of carbonyl (C=O) groups is 2. The summed E-state index contributed by atoms with van der Waals surface area (Å²) in [7, 11) is 0. The average molecular weight is 612 g/mol. The van der Waals surface area contributed by atoms with Gasteiger partial charge in [-0.3, -0.25) is 9.59 Å². The van der Waals surface area contributed by atoms with Crippen molar-refractivity contribution in [2.45, 2.75) is 19.4 Å². The van der Waals surface area contributed by atoms with Gasteiger partial charge in [-0.05, 0) is 46.3 Å². The Morgan fingerprint density at radius 3 is 2.76 bits per heavy atom. The van der Waals surface area contributed by atoms with Gasteiger partial charge >= 0.3 is 0 Å². The monoisotopic (exact) mass is 610 g/mol. The number of carbonyl (C=O) groups excluding carboxylic acids is 2. The standard InChI is InChI=1S/C26H20BrClN6O3S/c1-14(35)30-17-4-2-15(3-5-17)20-11-34(32-31-20)12-21-25(37-13-29-21)16-9-33(10-16)26(36)23-8-18-22(38-23)7-6-19(28)24(18)27/h2-8,11,13,16H,9-10,12H2,1H3,(H,30,35). The van der Waals surface area contributed by atoms with E-state index in [4.69, 9.17) is 16.0 Å². The largest absolute Gasteiger partial charge is 0.448 e. The quantitative estimate of drug-likeness (QED) is 0.260. The minimum Gasteiger partial charge on any atom is -0.448 e. The normalized spacial score (nSPS) is 13.6. The third-order valence-electron chi connectivity index (χ3n) is 6.36. The molecule has 6 rings (SSSR count). The Kier molecular flexibility index (Phi) is 6.50. The molecule has 1 aliphatic rings. The van der Waals surface area contributed by atoms with Crippen LogP contribution in [0.2, 0.25) is 5.02 Å². The summed E-state index contributed by atoms with van der Waals surface area (Å²) in [5, 5.41) is 12.8. The van der Waals surface area contributed by atoms with E-state index in [0.29, 0.717) is 35.2 Å². The summed E-state index contributed by atoms with van der Waals surface area (Å²) >= 11 is 11.2. The molecule has 4 heterocycles. The molecule has 0 spiro atoms. The van der Waals surface area contributed by atoms with E-state index in [1.54, 1.807) is 4.68 Å². The van der Waals surface area contributed by atoms with Gasteiger partial charge in [0.05, 0.1) is 28.6 Å². The lowest BCUT2D eigenvalue weighted by atomic mass is 9.95. The van der Waals surface area contributed by atoms with Crippen molar-refractivity contribution in [1.82, 2.24) is 24.9 Å². The second-order valence-corrected chi connectivity index (χ2v) is 11.3. The third-order valence-corrected chi connectivity index (χ3v) is 8.85. The van der Waals surface area contributed by atoms with E-state index in [0.717, 1.165) is 37.3 Å². The molecule has 1 aliphatic heterocycles. The molecule has 0 bridgehead atoms. The maximum atomic E-state index is 13.1. The first kappa shape index (κ1) is 24.8. The smallest absolute Gasteiger partial charge is 0.264 e. The second kappa shape index (κ2) is 9.97. The fourth-order valence-electron chi connectivity index (χ4n) is 4.44. The van der Waals surface area contributed by atoms with Gasteiger partial charge in [-0.25, -0.2) is 9.67 Å². The predicted molar refractivity (Wildman–Crippen MR) is 149 cm³/mol. The summed E-state index contributed by atoms with van der Waals surface area (Å²) in [5.74, 6) is 0.703. The Labute approximate surface area is 234 Å². The number of likely N-dealkylation sites (tertiary alicyclic amines) is 1. The van der Waals surface area contributed by atoms with Crippen LogP contribution in [0.15, 0.2) is 63.9 Å². The van der Waals surface area contributed by atoms with E-state index in [-0.39, 0.29) is 17.7 Å². The Balaban J connectivity index is 1.11. The average Bonchev–Trinajstić information content (AvgIpc) is 3.62. The molecule has 0 aliphatic carbocycles. The number of anilines is 1. The van der Waals surface area contributed by atoms with Crippen LogP contribution in [0.5, 0.6) is 0 Å². The van der Waals surface area contributed by atoms with Crippen LogP contribution in [-0.2, 0) is 11.3 Å². The molecule has 0 unspecified atom stereocenters. The zero-order valence-electron chi connectivity index (χ0n) is 20.0. The number of oxazole rings is 1. The Bertz CT molecular complexity index is 1670. The Morgan fingerprint density at radius 2 is 2.00 bits per heavy atom. The maximum Gasteiger partial charge on any atom is 0.264 e. The lowest BCUT2D eigenvalue weighted by Gasteiger charge is -2.38. The summed E-state index contributed by atoms with van der Waals surface area (Å²) in [4.78, 5) is 31.2. The van der Waals surface area contributed by atoms with Crippen LogP contribution >= 0.6 is 38.9 Å². The lowest BCUT2D eigenvalue weighted by Crippen LogP contribution is -2.48. The van der Waals surface area contributed by atoms with Crippen molar-refractivity contribution in [2.75, 3.05) is 18.4 Å². The summed E-state index contributed by atoms with van der Waals surface area (Å²) in [6.07, 6.45) is 3.27. The number of benzene rings is 2. The molecule has 192 valence electrons. The van der Waals surface area contributed by atoms with E-state index in [9.17, 15) is 9.59 Å². The van der Waals surface area contributed by atoms with Gasteiger partial charge in [-0.2, -0.15) is 0 Å². The van der Waals surface area contributed by atoms with E-state index in [1.165, 1.54) is 24.7 Å². The Hall–Kier alpha value is -3.54. The van der Waals surface area contributed by atoms with Crippen molar-refractivity contribution >= 4 is 66.5 Å². The minimum atomic E-state index is -0.121. The van der Waals surface area contributed by atoms with Crippen LogP contribution in [0.3, 0.4) is 0 Å². The summed E-state index contributed by atoms with van der Waals surface area (Å²) in [6, 6.07) is 13.0. The van der Waals surface area contributed by atoms with Crippen LogP contribution in [0.25, 0.3) is 21.3 Å². The fraction of sp³-hybridized carbons (Fsp3) is 0.192. The number of hydrogen-bond donors (Lipinski definition) is 1. The zero-order chi connectivity index (χ0) is 26.4. The number of amides is 2. The predicted octanol–water partition coefficient (Wildman–Crippen LogP) is 5.81. The number of fused-ring (bicyclic) bond motifs is 1. The molecule has 0 radical (unpaired) electrons. The van der Waals surface area contributed by atoms with Gasteiger partial charge in [-0.1, -0.05) is 28.9 Å². The van der Waals surface area contributed by atoms with Crippen molar-refractivity contribution in [1.29, 1.82) is 0 Å². The van der Waals surface area contributed by atoms with Crippen LogP contribution in [-0.4, -0.2) is 49.8 Å². The van der Waals surface area contributed by atoms with Gasteiger partial charge in [-0.15, -0.1) is 16.4 Å². The van der Waals surface area contributed by atoms with Gasteiger partial charge in [0.2, 0.25) is 5.91 Å². The molecule has 2 aromatic carbocycles. The van der Waals surface area contributed by atoms with E-state index in [2.05, 4.69) is 36.5 Å². The molecule has 1 saturated heterocycles. The Morgan fingerprint density at radius 1 is 1.21 bits per heavy atom. The van der Waals surface area contributed by atoms with Gasteiger partial charge < -0.3 is 14.6 Å². The highest BCUT2D eigenvalue weighted by Gasteiger charge is 2.36. The number of rotatable bonds is 6. The first-order chi connectivity index (χ1) is 18.4. The molecule has 38 heavy (non-hydrogen) atoms. The number of thiophene rings is 1. The highest BCUT2D eigenvalue weighted by Crippen LogP contribution is 2.38. The molecule has 0 atom stereocenters. The number of aromatic nitrogens is 4. The topological polar surface area (TPSA) is 106 Å². The minimum absolute atomic E-state index is 0.00280. The van der Waals surface area contributed by atoms with Crippen molar-refractivity contribution in [3.63, 3.8) is 0 Å². The molecular weight excluding hydrogens is 592 g/mol. The SMILES string of the molecule is CC(=O)Nc1ccc(-c2cn(Cc3ncoc3C3CN(C(=O)c4cc5c(Br)c(Cl)ccc5s4)C3)nn2)cc1. The van der Waals surface area contributed by atoms with Crippen LogP contribution < -0.4 is 5.32 Å². The number of nitrogens with one attached hydrogen (secondary N) is 1. The molecule has 9 nitrogen and oxygen atoms in total. The second-order valence-electron chi connectivity index (χ2n) is 9.01. The third kappa shape index (κ3) is 4.72. The van der Waals surface area contributed by atoms with Crippen molar-refractivity contribution in [2.24, 2.45) is 0 Å². The molecule has 5 aromatic rings.